The van der Waals surface area contributed by atoms with Crippen LogP contribution in [0.1, 0.15) is 42.6 Å². The van der Waals surface area contributed by atoms with Gasteiger partial charge >= 0.3 is 0 Å². The van der Waals surface area contributed by atoms with Gasteiger partial charge in [-0.15, -0.1) is 9.19 Å². The molecule has 4 heterocycles. The molecule has 202 valence electrons. The second-order valence-electron chi connectivity index (χ2n) is 9.28. The fourth-order valence-electron chi connectivity index (χ4n) is 3.96. The number of hydrogen-bond acceptors (Lipinski definition) is 10. The second kappa shape index (κ2) is 10.9. The third-order valence-electron chi connectivity index (χ3n) is 6.39. The molecule has 38 heavy (non-hydrogen) atoms. The molecular weight excluding hydrogens is 510 g/mol. The maximum absolute atomic E-state index is 12.5. The second-order valence-corrected chi connectivity index (χ2v) is 11.2. The van der Waals surface area contributed by atoms with E-state index in [-0.39, 0.29) is 12.4 Å². The maximum Gasteiger partial charge on any atom is 0.257 e. The standard InChI is InChI=1S/C24H31N9O4S/c1-3-19-15-27-33-21(25-14-18-5-4-8-31(34)16-18)13-22(28-24(19)33)30(2)9-10-37-11-12-38(35,36)32-17-26-23(29-32)20-6-7-20/h4-5,8,13,15-17,20,25H,3,6-7,9-12,14H2,1-2H3. The number of pyridine rings is 1. The van der Waals surface area contributed by atoms with E-state index in [0.29, 0.717) is 37.3 Å². The fraction of sp³-hybridized carbons (Fsp3) is 0.458. The van der Waals surface area contributed by atoms with Gasteiger partial charge in [-0.1, -0.05) is 6.92 Å². The summed E-state index contributed by atoms with van der Waals surface area (Å²) in [5, 5.41) is 23.5. The van der Waals surface area contributed by atoms with Gasteiger partial charge in [0, 0.05) is 49.3 Å². The molecule has 14 heteroatoms. The van der Waals surface area contributed by atoms with Gasteiger partial charge in [-0.05, 0) is 25.3 Å². The normalized spacial score (nSPS) is 13.7. The summed E-state index contributed by atoms with van der Waals surface area (Å²) in [5.41, 5.74) is 2.60. The first-order chi connectivity index (χ1) is 18.3. The van der Waals surface area contributed by atoms with E-state index in [0.717, 1.165) is 50.7 Å². The zero-order valence-corrected chi connectivity index (χ0v) is 22.2. The van der Waals surface area contributed by atoms with Crippen molar-refractivity contribution in [1.29, 1.82) is 0 Å². The molecule has 0 aromatic carbocycles. The summed E-state index contributed by atoms with van der Waals surface area (Å²) in [5.74, 6) is 2.16. The molecule has 1 saturated carbocycles. The third kappa shape index (κ3) is 5.86. The Hall–Kier alpha value is -3.78. The molecule has 0 amide bonds. The van der Waals surface area contributed by atoms with Crippen molar-refractivity contribution >= 4 is 27.3 Å². The number of ether oxygens (including phenoxy) is 1. The van der Waals surface area contributed by atoms with Crippen molar-refractivity contribution in [3.8, 4) is 0 Å². The summed E-state index contributed by atoms with van der Waals surface area (Å²) in [7, 11) is -1.71. The molecule has 0 spiro atoms. The third-order valence-corrected chi connectivity index (χ3v) is 7.82. The molecule has 0 unspecified atom stereocenters. The largest absolute Gasteiger partial charge is 0.619 e. The van der Waals surface area contributed by atoms with Gasteiger partial charge in [-0.3, -0.25) is 0 Å². The molecule has 0 aliphatic heterocycles. The molecule has 4 aromatic heterocycles. The summed E-state index contributed by atoms with van der Waals surface area (Å²) in [6.07, 6.45) is 8.83. The van der Waals surface area contributed by atoms with Crippen LogP contribution in [0.3, 0.4) is 0 Å². The highest BCUT2D eigenvalue weighted by Crippen LogP contribution is 2.37. The Morgan fingerprint density at radius 2 is 2.16 bits per heavy atom. The van der Waals surface area contributed by atoms with Gasteiger partial charge in [0.1, 0.15) is 18.0 Å². The van der Waals surface area contributed by atoms with Crippen molar-refractivity contribution in [3.05, 3.63) is 65.3 Å². The minimum absolute atomic E-state index is 0.0491. The molecule has 1 aliphatic rings. The maximum atomic E-state index is 12.5. The van der Waals surface area contributed by atoms with E-state index < -0.39 is 10.0 Å². The van der Waals surface area contributed by atoms with Crippen LogP contribution in [-0.2, 0) is 27.7 Å². The van der Waals surface area contributed by atoms with Crippen LogP contribution in [0.15, 0.2) is 43.1 Å². The summed E-state index contributed by atoms with van der Waals surface area (Å²) >= 11 is 0. The van der Waals surface area contributed by atoms with Crippen molar-refractivity contribution in [2.24, 2.45) is 0 Å². The molecule has 0 atom stereocenters. The van der Waals surface area contributed by atoms with Gasteiger partial charge in [0.05, 0.1) is 25.2 Å². The number of rotatable bonds is 13. The lowest BCUT2D eigenvalue weighted by molar-refractivity contribution is -0.605. The predicted octanol–water partition coefficient (Wildman–Crippen LogP) is 1.34. The molecule has 5 rings (SSSR count). The van der Waals surface area contributed by atoms with E-state index in [9.17, 15) is 13.6 Å². The summed E-state index contributed by atoms with van der Waals surface area (Å²) in [4.78, 5) is 10.9. The minimum Gasteiger partial charge on any atom is -0.619 e. The van der Waals surface area contributed by atoms with E-state index in [1.807, 2.05) is 31.0 Å². The number of anilines is 2. The Balaban J connectivity index is 1.19. The topological polar surface area (TPSA) is 146 Å². The Bertz CT molecular complexity index is 1510. The first-order valence-corrected chi connectivity index (χ1v) is 14.2. The SMILES string of the molecule is CCc1cnn2c(NCc3ccc[n+]([O-])c3)cc(N(C)CCOCCS(=O)(=O)n3cnc(C4CC4)n3)nc12. The van der Waals surface area contributed by atoms with Crippen molar-refractivity contribution in [2.45, 2.75) is 38.6 Å². The number of nitrogens with zero attached hydrogens (tertiary/aromatic N) is 8. The number of likely N-dealkylation sites (N-methyl/N-ethyl adjacent to an activating group) is 1. The van der Waals surface area contributed by atoms with Crippen molar-refractivity contribution in [3.63, 3.8) is 0 Å². The molecule has 1 aliphatic carbocycles. The minimum atomic E-state index is -3.61. The number of aryl methyl sites for hydroxylation is 1. The molecular formula is C24H31N9O4S. The van der Waals surface area contributed by atoms with Gasteiger partial charge in [-0.2, -0.15) is 14.3 Å². The number of fused-ring (bicyclic) bond motifs is 1. The van der Waals surface area contributed by atoms with Crippen LogP contribution in [0, 0.1) is 5.21 Å². The van der Waals surface area contributed by atoms with E-state index in [4.69, 9.17) is 9.72 Å². The first-order valence-electron chi connectivity index (χ1n) is 12.6. The van der Waals surface area contributed by atoms with Crippen LogP contribution < -0.4 is 14.9 Å². The monoisotopic (exact) mass is 541 g/mol. The molecule has 4 aromatic rings. The van der Waals surface area contributed by atoms with Gasteiger partial charge in [-0.25, -0.2) is 18.4 Å². The lowest BCUT2D eigenvalue weighted by Gasteiger charge is -2.20. The van der Waals surface area contributed by atoms with E-state index in [1.165, 1.54) is 18.7 Å². The lowest BCUT2D eigenvalue weighted by atomic mass is 10.2. The van der Waals surface area contributed by atoms with Crippen LogP contribution >= 0.6 is 0 Å². The van der Waals surface area contributed by atoms with Crippen LogP contribution in [0.2, 0.25) is 0 Å². The number of hydrogen-bond donors (Lipinski definition) is 1. The van der Waals surface area contributed by atoms with Crippen LogP contribution in [-0.4, -0.2) is 69.7 Å². The van der Waals surface area contributed by atoms with Gasteiger partial charge in [0.15, 0.2) is 23.9 Å². The summed E-state index contributed by atoms with van der Waals surface area (Å²) in [6.45, 7) is 3.36. The summed E-state index contributed by atoms with van der Waals surface area (Å²) in [6, 6.07) is 5.47. The van der Waals surface area contributed by atoms with Gasteiger partial charge in [0.2, 0.25) is 0 Å². The molecule has 0 bridgehead atoms. The van der Waals surface area contributed by atoms with Gasteiger partial charge < -0.3 is 20.2 Å². The van der Waals surface area contributed by atoms with Crippen molar-refractivity contribution in [2.75, 3.05) is 42.8 Å². The smallest absolute Gasteiger partial charge is 0.257 e. The van der Waals surface area contributed by atoms with E-state index in [2.05, 4.69) is 20.5 Å². The highest BCUT2D eigenvalue weighted by Gasteiger charge is 2.29. The highest BCUT2D eigenvalue weighted by molar-refractivity contribution is 7.89. The average molecular weight is 542 g/mol. The highest BCUT2D eigenvalue weighted by atomic mass is 32.2. The van der Waals surface area contributed by atoms with E-state index in [1.54, 1.807) is 16.8 Å². The fourth-order valence-corrected chi connectivity index (χ4v) is 4.88. The molecule has 13 nitrogen and oxygen atoms in total. The first kappa shape index (κ1) is 25.9. The zero-order valence-electron chi connectivity index (χ0n) is 21.4. The number of nitrogens with one attached hydrogen (secondary N) is 1. The Morgan fingerprint density at radius 1 is 1.32 bits per heavy atom. The lowest BCUT2D eigenvalue weighted by Crippen LogP contribution is -2.26. The van der Waals surface area contributed by atoms with Gasteiger partial charge in [0.25, 0.3) is 10.0 Å². The van der Waals surface area contributed by atoms with E-state index >= 15 is 0 Å². The molecule has 1 N–H and O–H groups in total. The van der Waals surface area contributed by atoms with Crippen molar-refractivity contribution in [1.82, 2.24) is 28.8 Å². The molecule has 1 fully saturated rings. The molecule has 0 radical (unpaired) electrons. The Labute approximate surface area is 220 Å². The van der Waals surface area contributed by atoms with Crippen molar-refractivity contribution < 1.29 is 17.9 Å². The number of aromatic nitrogens is 7. The average Bonchev–Trinajstić information content (AvgIpc) is 3.46. The Morgan fingerprint density at radius 3 is 2.92 bits per heavy atom. The predicted molar refractivity (Wildman–Crippen MR) is 140 cm³/mol. The van der Waals surface area contributed by atoms with Crippen LogP contribution in [0.25, 0.3) is 5.65 Å². The van der Waals surface area contributed by atoms with Crippen LogP contribution in [0.4, 0.5) is 11.6 Å². The molecule has 0 saturated heterocycles. The Kier molecular flexibility index (Phi) is 7.42. The quantitative estimate of drug-likeness (QED) is 0.149. The summed E-state index contributed by atoms with van der Waals surface area (Å²) < 4.78 is 34.1. The zero-order chi connectivity index (χ0) is 26.7. The van der Waals surface area contributed by atoms with Crippen LogP contribution in [0.5, 0.6) is 0 Å².